The number of hydrogen-bond acceptors (Lipinski definition) is 9. The second-order valence-electron chi connectivity index (χ2n) is 9.43. The Morgan fingerprint density at radius 2 is 1.89 bits per heavy atom. The SMILES string of the molecule is Cc1cc(Nc2ncnc3cnc(OCC4(F)CN(C)C4)nc23)ccc1Oc1ccc2c(c1)ncn2C. The third-order valence-corrected chi connectivity index (χ3v) is 6.28. The number of imidazole rings is 1. The predicted molar refractivity (Wildman–Crippen MR) is 137 cm³/mol. The van der Waals surface area contributed by atoms with Gasteiger partial charge in [0.1, 0.15) is 35.5 Å². The van der Waals surface area contributed by atoms with Gasteiger partial charge in [0, 0.05) is 31.9 Å². The van der Waals surface area contributed by atoms with E-state index in [1.54, 1.807) is 12.5 Å². The standard InChI is InChI=1S/C26H25FN8O2/c1-16-8-17(4-7-22(16)37-18-5-6-21-19(9-18)31-15-35(21)3)32-24-23-20(29-14-30-24)10-28-25(33-23)36-13-26(27)11-34(2)12-26/h4-10,14-15H,11-13H2,1-3H3,(H,29,30,32). The van der Waals surface area contributed by atoms with E-state index >= 15 is 0 Å². The molecule has 1 saturated heterocycles. The van der Waals surface area contributed by atoms with Crippen molar-refractivity contribution in [3.05, 3.63) is 60.8 Å². The van der Waals surface area contributed by atoms with Gasteiger partial charge in [0.2, 0.25) is 0 Å². The van der Waals surface area contributed by atoms with Crippen LogP contribution in [0, 0.1) is 6.92 Å². The second kappa shape index (κ2) is 8.93. The zero-order chi connectivity index (χ0) is 25.6. The molecule has 3 aromatic heterocycles. The number of alkyl halides is 1. The third kappa shape index (κ3) is 4.60. The van der Waals surface area contributed by atoms with E-state index < -0.39 is 5.67 Å². The van der Waals surface area contributed by atoms with Gasteiger partial charge in [0.15, 0.2) is 11.5 Å². The number of likely N-dealkylation sites (tertiary alicyclic amines) is 1. The lowest BCUT2D eigenvalue weighted by atomic mass is 9.99. The van der Waals surface area contributed by atoms with E-state index in [0.29, 0.717) is 35.7 Å². The average Bonchev–Trinajstić information content (AvgIpc) is 3.24. The molecule has 2 aromatic carbocycles. The van der Waals surface area contributed by atoms with E-state index in [2.05, 4.69) is 30.2 Å². The molecule has 0 unspecified atom stereocenters. The maximum absolute atomic E-state index is 14.5. The first-order valence-electron chi connectivity index (χ1n) is 11.8. The van der Waals surface area contributed by atoms with Crippen LogP contribution in [0.15, 0.2) is 55.2 Å². The molecule has 4 heterocycles. The van der Waals surface area contributed by atoms with Gasteiger partial charge in [-0.1, -0.05) is 0 Å². The molecule has 11 heteroatoms. The smallest absolute Gasteiger partial charge is 0.317 e. The molecule has 0 spiro atoms. The van der Waals surface area contributed by atoms with Crippen LogP contribution in [0.1, 0.15) is 5.56 Å². The van der Waals surface area contributed by atoms with Crippen molar-refractivity contribution in [1.82, 2.24) is 34.4 Å². The molecule has 188 valence electrons. The number of benzene rings is 2. The van der Waals surface area contributed by atoms with E-state index in [-0.39, 0.29) is 12.6 Å². The molecule has 0 amide bonds. The van der Waals surface area contributed by atoms with Crippen LogP contribution in [0.5, 0.6) is 17.5 Å². The maximum Gasteiger partial charge on any atom is 0.317 e. The molecule has 0 radical (unpaired) electrons. The molecular weight excluding hydrogens is 475 g/mol. The summed E-state index contributed by atoms with van der Waals surface area (Å²) in [6, 6.07) is 11.7. The highest BCUT2D eigenvalue weighted by Crippen LogP contribution is 2.31. The second-order valence-corrected chi connectivity index (χ2v) is 9.43. The van der Waals surface area contributed by atoms with Gasteiger partial charge in [-0.3, -0.25) is 4.90 Å². The lowest BCUT2D eigenvalue weighted by molar-refractivity contribution is -0.0484. The lowest BCUT2D eigenvalue weighted by Gasteiger charge is -2.41. The minimum atomic E-state index is -1.38. The molecule has 0 atom stereocenters. The van der Waals surface area contributed by atoms with Gasteiger partial charge in [-0.05, 0) is 49.9 Å². The Morgan fingerprint density at radius 3 is 2.70 bits per heavy atom. The summed E-state index contributed by atoms with van der Waals surface area (Å²) < 4.78 is 28.2. The number of anilines is 2. The highest BCUT2D eigenvalue weighted by atomic mass is 19.1. The average molecular weight is 501 g/mol. The molecule has 5 aromatic rings. The fourth-order valence-electron chi connectivity index (χ4n) is 4.49. The van der Waals surface area contributed by atoms with Gasteiger partial charge in [0.05, 0.1) is 23.6 Å². The predicted octanol–water partition coefficient (Wildman–Crippen LogP) is 4.18. The molecule has 1 fully saturated rings. The zero-order valence-corrected chi connectivity index (χ0v) is 20.6. The summed E-state index contributed by atoms with van der Waals surface area (Å²) in [4.78, 5) is 23.5. The van der Waals surface area contributed by atoms with Crippen molar-refractivity contribution >= 4 is 33.6 Å². The van der Waals surface area contributed by atoms with Crippen molar-refractivity contribution in [2.45, 2.75) is 12.6 Å². The largest absolute Gasteiger partial charge is 0.460 e. The van der Waals surface area contributed by atoms with E-state index in [1.165, 1.54) is 6.33 Å². The number of aromatic nitrogens is 6. The Balaban J connectivity index is 1.20. The fourth-order valence-corrected chi connectivity index (χ4v) is 4.49. The highest BCUT2D eigenvalue weighted by Gasteiger charge is 2.42. The van der Waals surface area contributed by atoms with Crippen LogP contribution < -0.4 is 14.8 Å². The Kier molecular flexibility index (Phi) is 5.56. The van der Waals surface area contributed by atoms with Gasteiger partial charge >= 0.3 is 6.01 Å². The van der Waals surface area contributed by atoms with Crippen LogP contribution in [0.3, 0.4) is 0 Å². The van der Waals surface area contributed by atoms with Gasteiger partial charge in [-0.25, -0.2) is 24.3 Å². The highest BCUT2D eigenvalue weighted by molar-refractivity contribution is 5.86. The monoisotopic (exact) mass is 500 g/mol. The van der Waals surface area contributed by atoms with Crippen LogP contribution in [0.25, 0.3) is 22.1 Å². The van der Waals surface area contributed by atoms with Gasteiger partial charge in [-0.15, -0.1) is 0 Å². The molecule has 1 aliphatic heterocycles. The van der Waals surface area contributed by atoms with Crippen LogP contribution in [-0.4, -0.2) is 66.8 Å². The number of ether oxygens (including phenoxy) is 2. The molecule has 6 rings (SSSR count). The van der Waals surface area contributed by atoms with Crippen LogP contribution in [0.2, 0.25) is 0 Å². The molecule has 1 aliphatic rings. The molecular formula is C26H25FN8O2. The summed E-state index contributed by atoms with van der Waals surface area (Å²) in [5, 5.41) is 3.29. The molecule has 37 heavy (non-hydrogen) atoms. The summed E-state index contributed by atoms with van der Waals surface area (Å²) in [5.41, 5.74) is 3.29. The first kappa shape index (κ1) is 23.0. The van der Waals surface area contributed by atoms with Crippen molar-refractivity contribution in [2.24, 2.45) is 7.05 Å². The Bertz CT molecular complexity index is 1620. The summed E-state index contributed by atoms with van der Waals surface area (Å²) in [6.07, 6.45) is 4.76. The Labute approximate surface area is 212 Å². The summed E-state index contributed by atoms with van der Waals surface area (Å²) >= 11 is 0. The number of nitrogens with one attached hydrogen (secondary N) is 1. The number of rotatable bonds is 7. The van der Waals surface area contributed by atoms with Crippen molar-refractivity contribution in [3.63, 3.8) is 0 Å². The molecule has 10 nitrogen and oxygen atoms in total. The Hall–Kier alpha value is -4.38. The van der Waals surface area contributed by atoms with E-state index in [1.807, 2.05) is 66.9 Å². The number of nitrogens with zero attached hydrogens (tertiary/aromatic N) is 7. The van der Waals surface area contributed by atoms with Gasteiger partial charge in [-0.2, -0.15) is 4.98 Å². The summed E-state index contributed by atoms with van der Waals surface area (Å²) in [6.45, 7) is 2.52. The van der Waals surface area contributed by atoms with E-state index in [0.717, 1.165) is 28.0 Å². The van der Waals surface area contributed by atoms with Crippen molar-refractivity contribution in [1.29, 1.82) is 0 Å². The summed E-state index contributed by atoms with van der Waals surface area (Å²) in [5.74, 6) is 1.93. The lowest BCUT2D eigenvalue weighted by Crippen LogP contribution is -2.60. The van der Waals surface area contributed by atoms with E-state index in [4.69, 9.17) is 9.47 Å². The third-order valence-electron chi connectivity index (χ3n) is 6.28. The summed E-state index contributed by atoms with van der Waals surface area (Å²) in [7, 11) is 3.82. The number of aryl methyl sites for hydroxylation is 2. The fraction of sp³-hybridized carbons (Fsp3) is 0.269. The van der Waals surface area contributed by atoms with Crippen molar-refractivity contribution < 1.29 is 13.9 Å². The van der Waals surface area contributed by atoms with Crippen molar-refractivity contribution in [3.8, 4) is 17.5 Å². The topological polar surface area (TPSA) is 103 Å². The van der Waals surface area contributed by atoms with Crippen LogP contribution >= 0.6 is 0 Å². The normalized spacial score (nSPS) is 15.0. The van der Waals surface area contributed by atoms with E-state index in [9.17, 15) is 4.39 Å². The quantitative estimate of drug-likeness (QED) is 0.352. The maximum atomic E-state index is 14.5. The molecule has 0 saturated carbocycles. The number of halogens is 1. The first-order valence-corrected chi connectivity index (χ1v) is 11.8. The minimum absolute atomic E-state index is 0.0849. The molecule has 1 N–H and O–H groups in total. The van der Waals surface area contributed by atoms with Crippen molar-refractivity contribution in [2.75, 3.05) is 32.1 Å². The molecule has 0 aliphatic carbocycles. The number of hydrogen-bond donors (Lipinski definition) is 1. The Morgan fingerprint density at radius 1 is 1.03 bits per heavy atom. The van der Waals surface area contributed by atoms with Gasteiger partial charge in [0.25, 0.3) is 0 Å². The minimum Gasteiger partial charge on any atom is -0.460 e. The molecule has 0 bridgehead atoms. The van der Waals surface area contributed by atoms with Gasteiger partial charge < -0.3 is 19.4 Å². The zero-order valence-electron chi connectivity index (χ0n) is 20.6. The van der Waals surface area contributed by atoms with Crippen LogP contribution in [-0.2, 0) is 7.05 Å². The number of fused-ring (bicyclic) bond motifs is 2. The first-order chi connectivity index (χ1) is 17.8. The van der Waals surface area contributed by atoms with Crippen LogP contribution in [0.4, 0.5) is 15.9 Å².